The first-order valence-electron chi connectivity index (χ1n) is 10.9. The van der Waals surface area contributed by atoms with E-state index in [-0.39, 0.29) is 11.3 Å². The zero-order valence-electron chi connectivity index (χ0n) is 18.4. The Balaban J connectivity index is 1.75. The van der Waals surface area contributed by atoms with Crippen LogP contribution in [0.1, 0.15) is 80.5 Å². The Morgan fingerprint density at radius 3 is 2.06 bits per heavy atom. The Hall–Kier alpha value is -2.95. The maximum Gasteiger partial charge on any atom is 0.359 e. The summed E-state index contributed by atoms with van der Waals surface area (Å²) in [5.41, 5.74) is 1.84. The zero-order valence-corrected chi connectivity index (χ0v) is 18.4. The van der Waals surface area contributed by atoms with E-state index in [1.807, 2.05) is 12.1 Å². The SMILES string of the molecule is CC(C)(C)c1ccc(C(=O)OC(C(=O)OC(=O)C2CCCCC2)c2ccccc2)cc1. The van der Waals surface area contributed by atoms with Gasteiger partial charge in [0.15, 0.2) is 0 Å². The van der Waals surface area contributed by atoms with Crippen LogP contribution in [-0.2, 0) is 24.5 Å². The molecule has 0 spiro atoms. The number of esters is 3. The van der Waals surface area contributed by atoms with E-state index < -0.39 is 24.0 Å². The van der Waals surface area contributed by atoms with Crippen LogP contribution in [0.3, 0.4) is 0 Å². The molecule has 1 aliphatic rings. The standard InChI is InChI=1S/C26H30O5/c1-26(2,3)21-16-14-20(15-17-21)23(27)30-22(18-10-6-4-7-11-18)25(29)31-24(28)19-12-8-5-9-13-19/h4,6-7,10-11,14-17,19,22H,5,8-9,12-13H2,1-3H3. The molecule has 164 valence electrons. The van der Waals surface area contributed by atoms with Gasteiger partial charge in [0.2, 0.25) is 6.10 Å². The minimum absolute atomic E-state index is 0.0434. The van der Waals surface area contributed by atoms with Gasteiger partial charge >= 0.3 is 17.9 Å². The van der Waals surface area contributed by atoms with Crippen molar-refractivity contribution in [2.45, 2.75) is 64.4 Å². The molecule has 0 bridgehead atoms. The van der Waals surface area contributed by atoms with Crippen molar-refractivity contribution in [3.05, 3.63) is 71.3 Å². The van der Waals surface area contributed by atoms with E-state index in [1.54, 1.807) is 42.5 Å². The van der Waals surface area contributed by atoms with Gasteiger partial charge in [-0.1, -0.05) is 82.5 Å². The van der Waals surface area contributed by atoms with E-state index in [1.165, 1.54) is 0 Å². The second-order valence-corrected chi connectivity index (χ2v) is 9.10. The van der Waals surface area contributed by atoms with Crippen LogP contribution < -0.4 is 0 Å². The third kappa shape index (κ3) is 6.03. The fraction of sp³-hybridized carbons (Fsp3) is 0.423. The summed E-state index contributed by atoms with van der Waals surface area (Å²) >= 11 is 0. The highest BCUT2D eigenvalue weighted by Gasteiger charge is 2.32. The summed E-state index contributed by atoms with van der Waals surface area (Å²) < 4.78 is 10.7. The Bertz CT molecular complexity index is 903. The van der Waals surface area contributed by atoms with E-state index in [0.29, 0.717) is 11.1 Å². The van der Waals surface area contributed by atoms with Crippen LogP contribution in [0.15, 0.2) is 54.6 Å². The second-order valence-electron chi connectivity index (χ2n) is 9.10. The number of ether oxygens (including phenoxy) is 2. The molecule has 1 saturated carbocycles. The van der Waals surface area contributed by atoms with E-state index in [0.717, 1.165) is 37.7 Å². The average molecular weight is 423 g/mol. The zero-order chi connectivity index (χ0) is 22.4. The Kier molecular flexibility index (Phi) is 7.26. The molecule has 2 aromatic carbocycles. The number of benzene rings is 2. The van der Waals surface area contributed by atoms with Crippen LogP contribution in [0.2, 0.25) is 0 Å². The van der Waals surface area contributed by atoms with Gasteiger partial charge in [-0.05, 0) is 36.0 Å². The molecule has 2 aromatic rings. The monoisotopic (exact) mass is 422 g/mol. The lowest BCUT2D eigenvalue weighted by Crippen LogP contribution is -2.28. The van der Waals surface area contributed by atoms with Gasteiger partial charge in [-0.15, -0.1) is 0 Å². The lowest BCUT2D eigenvalue weighted by molar-refractivity contribution is -0.169. The number of carbonyl (C=O) groups is 3. The smallest absolute Gasteiger partial charge is 0.359 e. The Morgan fingerprint density at radius 2 is 1.48 bits per heavy atom. The molecular weight excluding hydrogens is 392 g/mol. The summed E-state index contributed by atoms with van der Waals surface area (Å²) in [7, 11) is 0. The lowest BCUT2D eigenvalue weighted by Gasteiger charge is -2.22. The van der Waals surface area contributed by atoms with Crippen LogP contribution in [0.25, 0.3) is 0 Å². The first-order valence-corrected chi connectivity index (χ1v) is 10.9. The van der Waals surface area contributed by atoms with Crippen LogP contribution in [0, 0.1) is 5.92 Å². The van der Waals surface area contributed by atoms with Crippen molar-refractivity contribution >= 4 is 17.9 Å². The number of rotatable bonds is 5. The van der Waals surface area contributed by atoms with Gasteiger partial charge in [0, 0.05) is 5.56 Å². The Morgan fingerprint density at radius 1 is 0.871 bits per heavy atom. The molecule has 1 unspecified atom stereocenters. The van der Waals surface area contributed by atoms with E-state index in [4.69, 9.17) is 9.47 Å². The highest BCUT2D eigenvalue weighted by Crippen LogP contribution is 2.27. The molecule has 0 radical (unpaired) electrons. The fourth-order valence-electron chi connectivity index (χ4n) is 3.74. The van der Waals surface area contributed by atoms with Crippen molar-refractivity contribution in [2.24, 2.45) is 5.92 Å². The lowest BCUT2D eigenvalue weighted by atomic mass is 9.87. The molecule has 0 aliphatic heterocycles. The molecule has 5 heteroatoms. The van der Waals surface area contributed by atoms with Crippen molar-refractivity contribution in [3.8, 4) is 0 Å². The minimum atomic E-state index is -1.30. The maximum atomic E-state index is 12.8. The van der Waals surface area contributed by atoms with Crippen LogP contribution in [0.4, 0.5) is 0 Å². The van der Waals surface area contributed by atoms with Gasteiger partial charge in [-0.2, -0.15) is 0 Å². The molecule has 0 amide bonds. The van der Waals surface area contributed by atoms with Crippen LogP contribution in [0.5, 0.6) is 0 Å². The van der Waals surface area contributed by atoms with Gasteiger partial charge in [-0.25, -0.2) is 9.59 Å². The summed E-state index contributed by atoms with van der Waals surface area (Å²) in [4.78, 5) is 38.0. The maximum absolute atomic E-state index is 12.8. The van der Waals surface area contributed by atoms with E-state index in [9.17, 15) is 14.4 Å². The first kappa shape index (κ1) is 22.7. The number of hydrogen-bond acceptors (Lipinski definition) is 5. The molecule has 0 aromatic heterocycles. The molecule has 0 saturated heterocycles. The van der Waals surface area contributed by atoms with Crippen LogP contribution in [-0.4, -0.2) is 17.9 Å². The van der Waals surface area contributed by atoms with Crippen molar-refractivity contribution in [2.75, 3.05) is 0 Å². The first-order chi connectivity index (χ1) is 14.8. The second kappa shape index (κ2) is 9.90. The number of hydrogen-bond donors (Lipinski definition) is 0. The molecule has 1 atom stereocenters. The van der Waals surface area contributed by atoms with E-state index >= 15 is 0 Å². The third-order valence-electron chi connectivity index (χ3n) is 5.67. The molecular formula is C26H30O5. The van der Waals surface area contributed by atoms with Gasteiger partial charge < -0.3 is 9.47 Å². The molecule has 31 heavy (non-hydrogen) atoms. The summed E-state index contributed by atoms with van der Waals surface area (Å²) in [5.74, 6) is -2.30. The highest BCUT2D eigenvalue weighted by atomic mass is 16.6. The Labute approximate surface area is 183 Å². The number of carbonyl (C=O) groups excluding carboxylic acids is 3. The summed E-state index contributed by atoms with van der Waals surface area (Å²) in [5, 5.41) is 0. The normalized spacial score (nSPS) is 15.7. The van der Waals surface area contributed by atoms with Gasteiger partial charge in [-0.3, -0.25) is 4.79 Å². The third-order valence-corrected chi connectivity index (χ3v) is 5.67. The van der Waals surface area contributed by atoms with Crippen molar-refractivity contribution < 1.29 is 23.9 Å². The molecule has 3 rings (SSSR count). The molecule has 1 aliphatic carbocycles. The van der Waals surface area contributed by atoms with Gasteiger partial charge in [0.1, 0.15) is 0 Å². The van der Waals surface area contributed by atoms with Crippen molar-refractivity contribution in [3.63, 3.8) is 0 Å². The highest BCUT2D eigenvalue weighted by molar-refractivity contribution is 5.94. The quantitative estimate of drug-likeness (QED) is 0.468. The van der Waals surface area contributed by atoms with Crippen LogP contribution >= 0.6 is 0 Å². The van der Waals surface area contributed by atoms with Gasteiger partial charge in [0.25, 0.3) is 0 Å². The minimum Gasteiger partial charge on any atom is -0.442 e. The predicted molar refractivity (Wildman–Crippen MR) is 117 cm³/mol. The largest absolute Gasteiger partial charge is 0.442 e. The summed E-state index contributed by atoms with van der Waals surface area (Å²) in [6.45, 7) is 6.27. The van der Waals surface area contributed by atoms with Crippen molar-refractivity contribution in [1.29, 1.82) is 0 Å². The summed E-state index contributed by atoms with van der Waals surface area (Å²) in [6, 6.07) is 15.7. The molecule has 1 fully saturated rings. The topological polar surface area (TPSA) is 69.7 Å². The fourth-order valence-corrected chi connectivity index (χ4v) is 3.74. The molecule has 0 N–H and O–H groups in total. The molecule has 0 heterocycles. The predicted octanol–water partition coefficient (Wildman–Crippen LogP) is 5.53. The molecule has 5 nitrogen and oxygen atoms in total. The van der Waals surface area contributed by atoms with E-state index in [2.05, 4.69) is 20.8 Å². The average Bonchev–Trinajstić information content (AvgIpc) is 2.78. The summed E-state index contributed by atoms with van der Waals surface area (Å²) in [6.07, 6.45) is 3.15. The van der Waals surface area contributed by atoms with Gasteiger partial charge in [0.05, 0.1) is 11.5 Å². The van der Waals surface area contributed by atoms with Crippen molar-refractivity contribution in [1.82, 2.24) is 0 Å².